The molecule has 0 radical (unpaired) electrons. The van der Waals surface area contributed by atoms with Crippen LogP contribution in [0, 0.1) is 0 Å². The number of nitrogens with zero attached hydrogens (tertiary/aromatic N) is 1. The first kappa shape index (κ1) is 14.1. The topological polar surface area (TPSA) is 46.3 Å². The molecule has 2 aromatic carbocycles. The van der Waals surface area contributed by atoms with Crippen LogP contribution in [0.3, 0.4) is 0 Å². The third-order valence-electron chi connectivity index (χ3n) is 3.83. The third-order valence-corrected chi connectivity index (χ3v) is 4.16. The van der Waals surface area contributed by atoms with E-state index < -0.39 is 0 Å². The highest BCUT2D eigenvalue weighted by Crippen LogP contribution is 2.27. The maximum Gasteiger partial charge on any atom is 0.253 e. The second-order valence-electron chi connectivity index (χ2n) is 5.36. The Morgan fingerprint density at radius 2 is 1.86 bits per heavy atom. The lowest BCUT2D eigenvalue weighted by molar-refractivity contribution is 0.0791. The molecule has 4 heteroatoms. The molecule has 0 aromatic heterocycles. The summed E-state index contributed by atoms with van der Waals surface area (Å²) in [5.41, 5.74) is 8.53. The van der Waals surface area contributed by atoms with Crippen molar-refractivity contribution in [3.63, 3.8) is 0 Å². The molecule has 0 spiro atoms. The monoisotopic (exact) mass is 300 g/mol. The highest BCUT2D eigenvalue weighted by atomic mass is 35.5. The van der Waals surface area contributed by atoms with Crippen LogP contribution in [0.15, 0.2) is 48.5 Å². The molecular weight excluding hydrogens is 284 g/mol. The fourth-order valence-electron chi connectivity index (χ4n) is 2.64. The Balaban J connectivity index is 1.81. The summed E-state index contributed by atoms with van der Waals surface area (Å²) >= 11 is 6.19. The second kappa shape index (κ2) is 5.88. The smallest absolute Gasteiger partial charge is 0.253 e. The molecule has 2 N–H and O–H groups in total. The SMILES string of the molecule is N[C@@H]1CCN(C(=O)c2ccc(-c3ccccc3Cl)cc2)C1. The minimum absolute atomic E-state index is 0.0497. The van der Waals surface area contributed by atoms with E-state index in [9.17, 15) is 4.79 Å². The molecule has 3 rings (SSSR count). The molecule has 3 nitrogen and oxygen atoms in total. The van der Waals surface area contributed by atoms with E-state index in [1.165, 1.54) is 0 Å². The number of benzene rings is 2. The predicted molar refractivity (Wildman–Crippen MR) is 85.4 cm³/mol. The summed E-state index contributed by atoms with van der Waals surface area (Å²) in [5.74, 6) is 0.0497. The fraction of sp³-hybridized carbons (Fsp3) is 0.235. The zero-order valence-electron chi connectivity index (χ0n) is 11.6. The summed E-state index contributed by atoms with van der Waals surface area (Å²) in [4.78, 5) is 14.2. The number of nitrogens with two attached hydrogens (primary N) is 1. The standard InChI is InChI=1S/C17H17ClN2O/c18-16-4-2-1-3-15(16)12-5-7-13(8-6-12)17(21)20-10-9-14(19)11-20/h1-8,14H,9-11,19H2/t14-/m1/s1. The zero-order chi connectivity index (χ0) is 14.8. The maximum atomic E-state index is 12.4. The van der Waals surface area contributed by atoms with Crippen molar-refractivity contribution in [2.75, 3.05) is 13.1 Å². The van der Waals surface area contributed by atoms with Crippen LogP contribution >= 0.6 is 11.6 Å². The minimum atomic E-state index is 0.0497. The lowest BCUT2D eigenvalue weighted by atomic mass is 10.0. The van der Waals surface area contributed by atoms with Gasteiger partial charge in [-0.25, -0.2) is 0 Å². The third kappa shape index (κ3) is 2.94. The number of halogens is 1. The Labute approximate surface area is 129 Å². The average molecular weight is 301 g/mol. The molecule has 1 aliphatic rings. The first-order valence-electron chi connectivity index (χ1n) is 7.05. The van der Waals surface area contributed by atoms with Crippen LogP contribution in [0.5, 0.6) is 0 Å². The van der Waals surface area contributed by atoms with Crippen LogP contribution in [-0.2, 0) is 0 Å². The van der Waals surface area contributed by atoms with Crippen LogP contribution in [0.2, 0.25) is 5.02 Å². The van der Waals surface area contributed by atoms with Crippen LogP contribution in [-0.4, -0.2) is 29.9 Å². The Hall–Kier alpha value is -1.84. The molecule has 1 aliphatic heterocycles. The number of hydrogen-bond acceptors (Lipinski definition) is 2. The molecule has 2 aromatic rings. The summed E-state index contributed by atoms with van der Waals surface area (Å²) < 4.78 is 0. The summed E-state index contributed by atoms with van der Waals surface area (Å²) in [6.07, 6.45) is 0.878. The van der Waals surface area contributed by atoms with E-state index in [1.54, 1.807) is 0 Å². The van der Waals surface area contributed by atoms with E-state index in [0.717, 1.165) is 24.1 Å². The summed E-state index contributed by atoms with van der Waals surface area (Å²) in [7, 11) is 0. The van der Waals surface area contributed by atoms with E-state index in [4.69, 9.17) is 17.3 Å². The number of amides is 1. The quantitative estimate of drug-likeness (QED) is 0.926. The van der Waals surface area contributed by atoms with Gasteiger partial charge in [0.05, 0.1) is 0 Å². The summed E-state index contributed by atoms with van der Waals surface area (Å²) in [6.45, 7) is 1.39. The Morgan fingerprint density at radius 3 is 2.48 bits per heavy atom. The van der Waals surface area contributed by atoms with Crippen molar-refractivity contribution in [3.8, 4) is 11.1 Å². The van der Waals surface area contributed by atoms with Crippen molar-refractivity contribution in [1.82, 2.24) is 4.90 Å². The van der Waals surface area contributed by atoms with Gasteiger partial charge in [0.25, 0.3) is 5.91 Å². The maximum absolute atomic E-state index is 12.4. The van der Waals surface area contributed by atoms with E-state index in [0.29, 0.717) is 17.1 Å². The largest absolute Gasteiger partial charge is 0.337 e. The van der Waals surface area contributed by atoms with Crippen molar-refractivity contribution in [3.05, 3.63) is 59.1 Å². The van der Waals surface area contributed by atoms with Crippen molar-refractivity contribution in [2.24, 2.45) is 5.73 Å². The van der Waals surface area contributed by atoms with E-state index in [2.05, 4.69) is 0 Å². The van der Waals surface area contributed by atoms with Gasteiger partial charge in [-0.05, 0) is 30.2 Å². The normalized spacial score (nSPS) is 18.0. The van der Waals surface area contributed by atoms with E-state index in [-0.39, 0.29) is 11.9 Å². The van der Waals surface area contributed by atoms with E-state index >= 15 is 0 Å². The Kier molecular flexibility index (Phi) is 3.95. The molecule has 1 saturated heterocycles. The van der Waals surface area contributed by atoms with Gasteiger partial charge in [0.15, 0.2) is 0 Å². The first-order chi connectivity index (χ1) is 10.1. The molecule has 0 bridgehead atoms. The van der Waals surface area contributed by atoms with Crippen LogP contribution in [0.1, 0.15) is 16.8 Å². The number of carbonyl (C=O) groups is 1. The lowest BCUT2D eigenvalue weighted by Gasteiger charge is -2.16. The number of carbonyl (C=O) groups excluding carboxylic acids is 1. The summed E-state index contributed by atoms with van der Waals surface area (Å²) in [6, 6.07) is 15.4. The summed E-state index contributed by atoms with van der Waals surface area (Å²) in [5, 5.41) is 0.710. The molecule has 21 heavy (non-hydrogen) atoms. The van der Waals surface area contributed by atoms with Gasteiger partial charge in [0, 0.05) is 35.3 Å². The molecule has 1 heterocycles. The average Bonchev–Trinajstić information content (AvgIpc) is 2.94. The Morgan fingerprint density at radius 1 is 1.14 bits per heavy atom. The zero-order valence-corrected chi connectivity index (χ0v) is 12.4. The molecule has 108 valence electrons. The predicted octanol–water partition coefficient (Wildman–Crippen LogP) is 3.18. The van der Waals surface area contributed by atoms with E-state index in [1.807, 2.05) is 53.4 Å². The first-order valence-corrected chi connectivity index (χ1v) is 7.43. The van der Waals surface area contributed by atoms with Gasteiger partial charge in [-0.15, -0.1) is 0 Å². The molecule has 1 amide bonds. The van der Waals surface area contributed by atoms with Crippen LogP contribution in [0.4, 0.5) is 0 Å². The van der Waals surface area contributed by atoms with Gasteiger partial charge in [-0.3, -0.25) is 4.79 Å². The van der Waals surface area contributed by atoms with Gasteiger partial charge >= 0.3 is 0 Å². The Bertz CT molecular complexity index is 654. The van der Waals surface area contributed by atoms with Crippen molar-refractivity contribution < 1.29 is 4.79 Å². The van der Waals surface area contributed by atoms with Crippen LogP contribution in [0.25, 0.3) is 11.1 Å². The highest BCUT2D eigenvalue weighted by Gasteiger charge is 2.24. The molecule has 0 saturated carbocycles. The molecule has 0 unspecified atom stereocenters. The van der Waals surface area contributed by atoms with Gasteiger partial charge in [0.2, 0.25) is 0 Å². The van der Waals surface area contributed by atoms with Crippen molar-refractivity contribution in [1.29, 1.82) is 0 Å². The van der Waals surface area contributed by atoms with Crippen molar-refractivity contribution >= 4 is 17.5 Å². The fourth-order valence-corrected chi connectivity index (χ4v) is 2.89. The molecular formula is C17H17ClN2O. The highest BCUT2D eigenvalue weighted by molar-refractivity contribution is 6.33. The van der Waals surface area contributed by atoms with Crippen molar-refractivity contribution in [2.45, 2.75) is 12.5 Å². The second-order valence-corrected chi connectivity index (χ2v) is 5.76. The van der Waals surface area contributed by atoms with Crippen LogP contribution < -0.4 is 5.73 Å². The molecule has 0 aliphatic carbocycles. The van der Waals surface area contributed by atoms with Gasteiger partial charge in [-0.1, -0.05) is 41.9 Å². The number of hydrogen-bond donors (Lipinski definition) is 1. The number of likely N-dealkylation sites (tertiary alicyclic amines) is 1. The minimum Gasteiger partial charge on any atom is -0.337 e. The van der Waals surface area contributed by atoms with Gasteiger partial charge < -0.3 is 10.6 Å². The lowest BCUT2D eigenvalue weighted by Crippen LogP contribution is -2.31. The molecule has 1 fully saturated rings. The van der Waals surface area contributed by atoms with Gasteiger partial charge in [0.1, 0.15) is 0 Å². The number of rotatable bonds is 2. The molecule has 1 atom stereocenters. The van der Waals surface area contributed by atoms with Gasteiger partial charge in [-0.2, -0.15) is 0 Å².